The number of hydrogen-bond acceptors (Lipinski definition) is 1. The Hall–Kier alpha value is -1.26. The maximum Gasteiger partial charge on any atom is 0.416 e. The van der Waals surface area contributed by atoms with E-state index >= 15 is 0 Å². The van der Waals surface area contributed by atoms with Crippen LogP contribution < -0.4 is 5.32 Å². The molecule has 1 aromatic rings. The Balaban J connectivity index is 2.71. The molecule has 0 aliphatic heterocycles. The maximum atomic E-state index is 13.5. The van der Waals surface area contributed by atoms with Crippen LogP contribution in [0.15, 0.2) is 18.2 Å². The molecule has 1 nitrogen and oxygen atoms in total. The van der Waals surface area contributed by atoms with Gasteiger partial charge in [0, 0.05) is 6.54 Å². The summed E-state index contributed by atoms with van der Waals surface area (Å²) in [6.45, 7) is 4.62. The summed E-state index contributed by atoms with van der Waals surface area (Å²) in [5, 5.41) is 2.81. The quantitative estimate of drug-likeness (QED) is 0.656. The number of alkyl halides is 3. The molecule has 0 radical (unpaired) electrons. The van der Waals surface area contributed by atoms with E-state index in [4.69, 9.17) is 0 Å². The van der Waals surface area contributed by atoms with E-state index in [0.29, 0.717) is 12.5 Å². The maximum absolute atomic E-state index is 13.5. The van der Waals surface area contributed by atoms with Gasteiger partial charge in [-0.3, -0.25) is 0 Å². The van der Waals surface area contributed by atoms with Crippen molar-refractivity contribution in [3.05, 3.63) is 29.6 Å². The second-order valence-electron chi connectivity index (χ2n) is 4.99. The summed E-state index contributed by atoms with van der Waals surface area (Å²) >= 11 is 0. The lowest BCUT2D eigenvalue weighted by atomic mass is 9.99. The van der Waals surface area contributed by atoms with E-state index < -0.39 is 17.6 Å². The molecule has 1 atom stereocenters. The van der Waals surface area contributed by atoms with Crippen molar-refractivity contribution >= 4 is 5.69 Å². The minimum Gasteiger partial charge on any atom is -0.382 e. The molecule has 0 heterocycles. The first kappa shape index (κ1) is 16.8. The molecule has 0 spiro atoms. The van der Waals surface area contributed by atoms with E-state index in [-0.39, 0.29) is 5.69 Å². The molecule has 1 rings (SSSR count). The average Bonchev–Trinajstić information content (AvgIpc) is 2.39. The van der Waals surface area contributed by atoms with E-state index in [1.807, 2.05) is 6.92 Å². The summed E-state index contributed by atoms with van der Waals surface area (Å²) in [6, 6.07) is 2.45. The van der Waals surface area contributed by atoms with Gasteiger partial charge in [-0.1, -0.05) is 33.1 Å². The fraction of sp³-hybridized carbons (Fsp3) is 0.600. The molecule has 0 aliphatic carbocycles. The Labute approximate surface area is 117 Å². The molecule has 1 unspecified atom stereocenters. The monoisotopic (exact) mass is 291 g/mol. The van der Waals surface area contributed by atoms with Crippen molar-refractivity contribution in [2.45, 2.75) is 45.7 Å². The van der Waals surface area contributed by atoms with E-state index in [1.54, 1.807) is 0 Å². The molecule has 1 aromatic carbocycles. The molecule has 0 fully saturated rings. The number of halogens is 4. The number of rotatable bonds is 7. The molecule has 0 saturated heterocycles. The van der Waals surface area contributed by atoms with Gasteiger partial charge in [0.1, 0.15) is 5.82 Å². The summed E-state index contributed by atoms with van der Waals surface area (Å²) in [6.07, 6.45) is -0.371. The third kappa shape index (κ3) is 5.02. The number of unbranched alkanes of at least 4 members (excludes halogenated alkanes) is 1. The van der Waals surface area contributed by atoms with Gasteiger partial charge in [0.2, 0.25) is 0 Å². The van der Waals surface area contributed by atoms with Gasteiger partial charge in [-0.15, -0.1) is 0 Å². The average molecular weight is 291 g/mol. The van der Waals surface area contributed by atoms with Crippen LogP contribution in [0, 0.1) is 11.7 Å². The first-order chi connectivity index (χ1) is 9.38. The zero-order chi connectivity index (χ0) is 15.2. The predicted octanol–water partition coefficient (Wildman–Crippen LogP) is 5.47. The zero-order valence-corrected chi connectivity index (χ0v) is 11.9. The van der Waals surface area contributed by atoms with E-state index in [1.165, 1.54) is 0 Å². The zero-order valence-electron chi connectivity index (χ0n) is 11.9. The molecule has 0 saturated carbocycles. The first-order valence-corrected chi connectivity index (χ1v) is 6.99. The van der Waals surface area contributed by atoms with Gasteiger partial charge in [0.15, 0.2) is 0 Å². The summed E-state index contributed by atoms with van der Waals surface area (Å²) in [4.78, 5) is 0. The standard InChI is InChI=1S/C15H21F4N/c1-3-5-6-11(4-2)10-20-14-9-12(15(17,18)19)7-8-13(14)16/h7-9,11,20H,3-6,10H2,1-2H3. The van der Waals surface area contributed by atoms with Gasteiger partial charge in [-0.25, -0.2) is 4.39 Å². The molecule has 5 heteroatoms. The van der Waals surface area contributed by atoms with E-state index in [2.05, 4.69) is 12.2 Å². The third-order valence-corrected chi connectivity index (χ3v) is 3.42. The first-order valence-electron chi connectivity index (χ1n) is 6.99. The molecule has 20 heavy (non-hydrogen) atoms. The number of hydrogen-bond donors (Lipinski definition) is 1. The fourth-order valence-electron chi connectivity index (χ4n) is 2.03. The van der Waals surface area contributed by atoms with Gasteiger partial charge in [-0.05, 0) is 30.5 Å². The van der Waals surface area contributed by atoms with Crippen LogP contribution >= 0.6 is 0 Å². The summed E-state index contributed by atoms with van der Waals surface area (Å²) in [7, 11) is 0. The fourth-order valence-corrected chi connectivity index (χ4v) is 2.03. The van der Waals surface area contributed by atoms with Crippen LogP contribution in [-0.4, -0.2) is 6.54 Å². The topological polar surface area (TPSA) is 12.0 Å². The normalized spacial score (nSPS) is 13.3. The van der Waals surface area contributed by atoms with Crippen LogP contribution in [0.25, 0.3) is 0 Å². The minimum atomic E-state index is -4.45. The molecule has 0 amide bonds. The number of nitrogens with one attached hydrogen (secondary N) is 1. The highest BCUT2D eigenvalue weighted by atomic mass is 19.4. The Bertz CT molecular complexity index is 415. The Morgan fingerprint density at radius 1 is 1.20 bits per heavy atom. The molecule has 1 N–H and O–H groups in total. The Kier molecular flexibility index (Phi) is 6.30. The van der Waals surface area contributed by atoms with Crippen molar-refractivity contribution in [3.63, 3.8) is 0 Å². The minimum absolute atomic E-state index is 0.0743. The summed E-state index contributed by atoms with van der Waals surface area (Å²) in [5.41, 5.74) is -0.905. The van der Waals surface area contributed by atoms with Gasteiger partial charge >= 0.3 is 6.18 Å². The molecule has 0 aromatic heterocycles. The summed E-state index contributed by atoms with van der Waals surface area (Å²) < 4.78 is 51.3. The largest absolute Gasteiger partial charge is 0.416 e. The molecule has 0 bridgehead atoms. The lowest BCUT2D eigenvalue weighted by Crippen LogP contribution is -2.15. The second-order valence-corrected chi connectivity index (χ2v) is 4.99. The van der Waals surface area contributed by atoms with Crippen LogP contribution in [0.2, 0.25) is 0 Å². The Morgan fingerprint density at radius 3 is 2.45 bits per heavy atom. The van der Waals surface area contributed by atoms with Crippen LogP contribution in [0.1, 0.15) is 45.1 Å². The summed E-state index contributed by atoms with van der Waals surface area (Å²) in [5.74, 6) is -0.299. The van der Waals surface area contributed by atoms with Gasteiger partial charge in [0.25, 0.3) is 0 Å². The van der Waals surface area contributed by atoms with Crippen molar-refractivity contribution in [2.24, 2.45) is 5.92 Å². The third-order valence-electron chi connectivity index (χ3n) is 3.42. The van der Waals surface area contributed by atoms with Gasteiger partial charge in [-0.2, -0.15) is 13.2 Å². The van der Waals surface area contributed by atoms with Crippen molar-refractivity contribution in [3.8, 4) is 0 Å². The lowest BCUT2D eigenvalue weighted by Gasteiger charge is -2.17. The van der Waals surface area contributed by atoms with Gasteiger partial charge < -0.3 is 5.32 Å². The van der Waals surface area contributed by atoms with Crippen LogP contribution in [0.3, 0.4) is 0 Å². The van der Waals surface area contributed by atoms with E-state index in [0.717, 1.165) is 43.9 Å². The van der Waals surface area contributed by atoms with Crippen molar-refractivity contribution in [1.29, 1.82) is 0 Å². The van der Waals surface area contributed by atoms with Crippen LogP contribution in [-0.2, 0) is 6.18 Å². The van der Waals surface area contributed by atoms with Crippen molar-refractivity contribution in [1.82, 2.24) is 0 Å². The smallest absolute Gasteiger partial charge is 0.382 e. The second kappa shape index (κ2) is 7.50. The van der Waals surface area contributed by atoms with Crippen molar-refractivity contribution in [2.75, 3.05) is 11.9 Å². The van der Waals surface area contributed by atoms with Gasteiger partial charge in [0.05, 0.1) is 11.3 Å². The molecule has 0 aliphatic rings. The Morgan fingerprint density at radius 2 is 1.90 bits per heavy atom. The van der Waals surface area contributed by atoms with Crippen LogP contribution in [0.4, 0.5) is 23.2 Å². The highest BCUT2D eigenvalue weighted by Crippen LogP contribution is 2.32. The SMILES string of the molecule is CCCCC(CC)CNc1cc(C(F)(F)F)ccc1F. The van der Waals surface area contributed by atoms with E-state index in [9.17, 15) is 17.6 Å². The van der Waals surface area contributed by atoms with Crippen molar-refractivity contribution < 1.29 is 17.6 Å². The lowest BCUT2D eigenvalue weighted by molar-refractivity contribution is -0.137. The molecular formula is C15H21F4N. The number of benzene rings is 1. The molecule has 114 valence electrons. The molecular weight excluding hydrogens is 270 g/mol. The highest BCUT2D eigenvalue weighted by molar-refractivity contribution is 5.48. The predicted molar refractivity (Wildman–Crippen MR) is 73.2 cm³/mol. The van der Waals surface area contributed by atoms with Crippen LogP contribution in [0.5, 0.6) is 0 Å². The highest BCUT2D eigenvalue weighted by Gasteiger charge is 2.31. The number of anilines is 1.